The van der Waals surface area contributed by atoms with Crippen molar-refractivity contribution in [2.45, 2.75) is 57.1 Å². The molecule has 7 nitrogen and oxygen atoms in total. The molecular formula is C33H34F4N4O3. The average Bonchev–Trinajstić information content (AvgIpc) is 2.99. The molecule has 1 saturated heterocycles. The van der Waals surface area contributed by atoms with Gasteiger partial charge in [-0.1, -0.05) is 66.7 Å². The molecule has 0 saturated carbocycles. The molecule has 0 radical (unpaired) electrons. The summed E-state index contributed by atoms with van der Waals surface area (Å²) in [5, 5.41) is 11.3. The lowest BCUT2D eigenvalue weighted by Gasteiger charge is -2.40. The predicted octanol–water partition coefficient (Wildman–Crippen LogP) is 4.80. The number of hydrogen-bond donors (Lipinski definition) is 2. The molecule has 11 heteroatoms. The lowest BCUT2D eigenvalue weighted by atomic mass is 9.85. The third-order valence-corrected chi connectivity index (χ3v) is 8.39. The Bertz CT molecular complexity index is 1730. The van der Waals surface area contributed by atoms with Crippen LogP contribution in [0.2, 0.25) is 0 Å². The van der Waals surface area contributed by atoms with Crippen LogP contribution in [0.3, 0.4) is 0 Å². The zero-order valence-corrected chi connectivity index (χ0v) is 24.2. The van der Waals surface area contributed by atoms with Crippen molar-refractivity contribution in [2.75, 3.05) is 18.0 Å². The minimum atomic E-state index is -4.86. The smallest absolute Gasteiger partial charge is 0.389 e. The van der Waals surface area contributed by atoms with Crippen LogP contribution in [0.1, 0.15) is 46.8 Å². The molecule has 0 amide bonds. The molecule has 1 atom stereocenters. The van der Waals surface area contributed by atoms with Crippen molar-refractivity contribution in [3.63, 3.8) is 0 Å². The van der Waals surface area contributed by atoms with Gasteiger partial charge in [-0.3, -0.25) is 13.9 Å². The largest absolute Gasteiger partial charge is 0.416 e. The maximum atomic E-state index is 14.9. The van der Waals surface area contributed by atoms with Gasteiger partial charge in [-0.05, 0) is 43.0 Å². The Morgan fingerprint density at radius 1 is 0.909 bits per heavy atom. The number of nitrogens with zero attached hydrogens (tertiary/aromatic N) is 3. The first kappa shape index (κ1) is 31.2. The molecule has 0 aliphatic carbocycles. The van der Waals surface area contributed by atoms with Gasteiger partial charge in [0.05, 0.1) is 24.3 Å². The van der Waals surface area contributed by atoms with E-state index in [0.717, 1.165) is 32.9 Å². The lowest BCUT2D eigenvalue weighted by Crippen LogP contribution is -2.51. The van der Waals surface area contributed by atoms with E-state index in [-0.39, 0.29) is 31.0 Å². The number of aromatic nitrogens is 2. The first-order valence-corrected chi connectivity index (χ1v) is 14.4. The van der Waals surface area contributed by atoms with Crippen LogP contribution in [0.15, 0.2) is 88.5 Å². The Kier molecular flexibility index (Phi) is 8.80. The minimum Gasteiger partial charge on any atom is -0.389 e. The Morgan fingerprint density at radius 2 is 1.52 bits per heavy atom. The number of rotatable bonds is 8. The van der Waals surface area contributed by atoms with Crippen molar-refractivity contribution in [2.24, 2.45) is 5.73 Å². The summed E-state index contributed by atoms with van der Waals surface area (Å²) >= 11 is 0. The quantitative estimate of drug-likeness (QED) is 0.280. The summed E-state index contributed by atoms with van der Waals surface area (Å²) in [5.41, 5.74) is 3.76. The van der Waals surface area contributed by atoms with Crippen LogP contribution < -0.4 is 21.9 Å². The first-order valence-electron chi connectivity index (χ1n) is 14.4. The van der Waals surface area contributed by atoms with Crippen molar-refractivity contribution < 1.29 is 22.7 Å². The predicted molar refractivity (Wildman–Crippen MR) is 160 cm³/mol. The van der Waals surface area contributed by atoms with E-state index in [1.54, 1.807) is 35.2 Å². The molecule has 0 bridgehead atoms. The second-order valence-electron chi connectivity index (χ2n) is 11.4. The zero-order valence-electron chi connectivity index (χ0n) is 24.2. The van der Waals surface area contributed by atoms with Gasteiger partial charge >= 0.3 is 11.9 Å². The van der Waals surface area contributed by atoms with E-state index in [9.17, 15) is 32.3 Å². The Morgan fingerprint density at radius 3 is 2.14 bits per heavy atom. The lowest BCUT2D eigenvalue weighted by molar-refractivity contribution is -0.138. The van der Waals surface area contributed by atoms with E-state index >= 15 is 0 Å². The second-order valence-corrected chi connectivity index (χ2v) is 11.4. The van der Waals surface area contributed by atoms with Gasteiger partial charge in [-0.25, -0.2) is 9.18 Å². The SMILES string of the molecule is Cc1c(N2CCC(O)(Cc3ccccc3)CC2)c(=O)n(C[C@H](N)c2ccccc2)c(=O)n1Cc1c(F)cccc1C(F)(F)F. The number of anilines is 1. The van der Waals surface area contributed by atoms with Crippen LogP contribution in [-0.2, 0) is 25.7 Å². The van der Waals surface area contributed by atoms with Crippen LogP contribution in [0.5, 0.6) is 0 Å². The van der Waals surface area contributed by atoms with Crippen molar-refractivity contribution in [1.82, 2.24) is 9.13 Å². The molecular weight excluding hydrogens is 576 g/mol. The van der Waals surface area contributed by atoms with E-state index in [1.807, 2.05) is 30.3 Å². The summed E-state index contributed by atoms with van der Waals surface area (Å²) in [6, 6.07) is 20.2. The molecule has 5 rings (SSSR count). The molecule has 1 fully saturated rings. The summed E-state index contributed by atoms with van der Waals surface area (Å²) in [6.07, 6.45) is -3.81. The topological polar surface area (TPSA) is 93.5 Å². The number of hydrogen-bond acceptors (Lipinski definition) is 5. The molecule has 0 spiro atoms. The fourth-order valence-corrected chi connectivity index (χ4v) is 5.94. The summed E-state index contributed by atoms with van der Waals surface area (Å²) in [7, 11) is 0. The first-order chi connectivity index (χ1) is 20.9. The van der Waals surface area contributed by atoms with Crippen molar-refractivity contribution >= 4 is 5.69 Å². The Balaban J connectivity index is 1.57. The van der Waals surface area contributed by atoms with Crippen molar-refractivity contribution in [3.05, 3.63) is 133 Å². The number of alkyl halides is 3. The zero-order chi connectivity index (χ0) is 31.6. The molecule has 1 aliphatic heterocycles. The molecule has 4 aromatic rings. The molecule has 1 aromatic heterocycles. The van der Waals surface area contributed by atoms with Gasteiger partial charge in [0.15, 0.2) is 0 Å². The number of piperidine rings is 1. The monoisotopic (exact) mass is 610 g/mol. The van der Waals surface area contributed by atoms with E-state index in [0.29, 0.717) is 24.8 Å². The van der Waals surface area contributed by atoms with E-state index in [1.165, 1.54) is 6.92 Å². The molecule has 44 heavy (non-hydrogen) atoms. The Labute approximate surface area is 251 Å². The fourth-order valence-electron chi connectivity index (χ4n) is 5.94. The maximum absolute atomic E-state index is 14.9. The second kappa shape index (κ2) is 12.4. The average molecular weight is 611 g/mol. The summed E-state index contributed by atoms with van der Waals surface area (Å²) < 4.78 is 58.5. The van der Waals surface area contributed by atoms with E-state index in [2.05, 4.69) is 0 Å². The van der Waals surface area contributed by atoms with Crippen LogP contribution in [0.25, 0.3) is 0 Å². The van der Waals surface area contributed by atoms with Crippen LogP contribution >= 0.6 is 0 Å². The number of aliphatic hydroxyl groups is 1. The van der Waals surface area contributed by atoms with Gasteiger partial charge in [-0.15, -0.1) is 0 Å². The third kappa shape index (κ3) is 6.48. The van der Waals surface area contributed by atoms with E-state index in [4.69, 9.17) is 5.73 Å². The summed E-state index contributed by atoms with van der Waals surface area (Å²) in [5.74, 6) is -1.12. The highest BCUT2D eigenvalue weighted by atomic mass is 19.4. The molecule has 232 valence electrons. The molecule has 1 aliphatic rings. The van der Waals surface area contributed by atoms with Gasteiger partial charge in [0.25, 0.3) is 5.56 Å². The van der Waals surface area contributed by atoms with Crippen LogP contribution in [-0.4, -0.2) is 32.9 Å². The van der Waals surface area contributed by atoms with Gasteiger partial charge in [-0.2, -0.15) is 13.2 Å². The van der Waals surface area contributed by atoms with Gasteiger partial charge in [0, 0.05) is 36.8 Å². The number of halogens is 4. The molecule has 3 N–H and O–H groups in total. The van der Waals surface area contributed by atoms with Gasteiger partial charge in [0.2, 0.25) is 0 Å². The highest BCUT2D eigenvalue weighted by molar-refractivity contribution is 5.50. The Hall–Kier alpha value is -4.22. The fraction of sp³-hybridized carbons (Fsp3) is 0.333. The molecule has 2 heterocycles. The van der Waals surface area contributed by atoms with Crippen LogP contribution in [0, 0.1) is 12.7 Å². The minimum absolute atomic E-state index is 0.106. The van der Waals surface area contributed by atoms with Crippen molar-refractivity contribution in [3.8, 4) is 0 Å². The van der Waals surface area contributed by atoms with Gasteiger partial charge < -0.3 is 15.7 Å². The third-order valence-electron chi connectivity index (χ3n) is 8.39. The highest BCUT2D eigenvalue weighted by Crippen LogP contribution is 2.34. The summed E-state index contributed by atoms with van der Waals surface area (Å²) in [6.45, 7) is 1.00. The number of benzene rings is 3. The summed E-state index contributed by atoms with van der Waals surface area (Å²) in [4.78, 5) is 29.5. The number of nitrogens with two attached hydrogens (primary N) is 1. The normalized spacial score (nSPS) is 15.8. The van der Waals surface area contributed by atoms with Crippen LogP contribution in [0.4, 0.5) is 23.2 Å². The highest BCUT2D eigenvalue weighted by Gasteiger charge is 2.37. The van der Waals surface area contributed by atoms with Gasteiger partial charge in [0.1, 0.15) is 11.5 Å². The maximum Gasteiger partial charge on any atom is 0.416 e. The van der Waals surface area contributed by atoms with E-state index < -0.39 is 52.6 Å². The molecule has 0 unspecified atom stereocenters. The van der Waals surface area contributed by atoms with Crippen molar-refractivity contribution in [1.29, 1.82) is 0 Å². The standard InChI is InChI=1S/C33H34F4N4O3/c1-22-29(39-17-15-32(44,16-18-39)19-23-9-4-2-5-10-23)30(42)41(21-28(38)24-11-6-3-7-12-24)31(43)40(22)20-25-26(33(35,36)37)13-8-14-27(25)34/h2-14,28,44H,15-21,38H2,1H3/t28-/m0/s1. The molecule has 3 aromatic carbocycles.